The van der Waals surface area contributed by atoms with Crippen molar-refractivity contribution in [1.82, 2.24) is 9.97 Å². The van der Waals surface area contributed by atoms with Crippen LogP contribution in [0.15, 0.2) is 12.4 Å². The van der Waals surface area contributed by atoms with Gasteiger partial charge in [-0.3, -0.25) is 0 Å². The van der Waals surface area contributed by atoms with E-state index >= 15 is 0 Å². The number of halogens is 3. The van der Waals surface area contributed by atoms with E-state index in [1.807, 2.05) is 0 Å². The van der Waals surface area contributed by atoms with Gasteiger partial charge in [0.15, 0.2) is 5.75 Å². The average molecular weight is 258 g/mol. The molecule has 0 saturated carbocycles. The maximum atomic E-state index is 11.9. The van der Waals surface area contributed by atoms with Crippen molar-refractivity contribution in [3.8, 4) is 11.8 Å². The lowest BCUT2D eigenvalue weighted by molar-refractivity contribution is -0.0502. The van der Waals surface area contributed by atoms with Crippen molar-refractivity contribution in [1.29, 1.82) is 0 Å². The summed E-state index contributed by atoms with van der Waals surface area (Å²) in [6.07, 6.45) is 1.93. The molecule has 0 aromatic carbocycles. The van der Waals surface area contributed by atoms with Gasteiger partial charge in [0.2, 0.25) is 0 Å². The van der Waals surface area contributed by atoms with Gasteiger partial charge in [0.1, 0.15) is 0 Å². The molecule has 0 atom stereocenters. The average Bonchev–Trinajstić information content (AvgIpc) is 2.16. The van der Waals surface area contributed by atoms with Gasteiger partial charge >= 0.3 is 21.6 Å². The molecule has 0 bridgehead atoms. The third-order valence-corrected chi connectivity index (χ3v) is 2.24. The van der Waals surface area contributed by atoms with Gasteiger partial charge in [-0.25, -0.2) is 0 Å². The molecule has 0 aliphatic carbocycles. The smallest absolute Gasteiger partial charge is 0.494 e. The van der Waals surface area contributed by atoms with Crippen LogP contribution in [-0.4, -0.2) is 31.0 Å². The summed E-state index contributed by atoms with van der Waals surface area (Å²) in [4.78, 5) is 6.42. The van der Waals surface area contributed by atoms with E-state index in [1.54, 1.807) is 0 Å². The summed E-state index contributed by atoms with van der Waals surface area (Å²) in [5.41, 5.74) is -5.52. The van der Waals surface area contributed by atoms with Crippen LogP contribution in [0.2, 0.25) is 0 Å². The Bertz CT molecular complexity index is 456. The van der Waals surface area contributed by atoms with Gasteiger partial charge < -0.3 is 8.92 Å². The number of nitrogens with zero attached hydrogens (tertiary/aromatic N) is 2. The highest BCUT2D eigenvalue weighted by molar-refractivity contribution is 7.87. The number of alkyl halides is 3. The first-order valence-corrected chi connectivity index (χ1v) is 5.04. The highest BCUT2D eigenvalue weighted by Crippen LogP contribution is 2.25. The topological polar surface area (TPSA) is 78.4 Å². The monoisotopic (exact) mass is 258 g/mol. The van der Waals surface area contributed by atoms with E-state index in [9.17, 15) is 21.6 Å². The largest absolute Gasteiger partial charge is 0.534 e. The maximum absolute atomic E-state index is 11.9. The summed E-state index contributed by atoms with van der Waals surface area (Å²) in [6, 6.07) is -0.932. The van der Waals surface area contributed by atoms with Gasteiger partial charge in [-0.15, -0.1) is 0 Å². The van der Waals surface area contributed by atoms with E-state index in [1.165, 1.54) is 7.11 Å². The molecule has 1 aromatic heterocycles. The summed E-state index contributed by atoms with van der Waals surface area (Å²) >= 11 is 0. The standard InChI is InChI=1S/C6H5F3N2O4S/c1-14-4-2-10-5(11-3-4)15-16(12,13)6(7,8)9/h2-3H,1H3. The van der Waals surface area contributed by atoms with Crippen LogP contribution < -0.4 is 8.92 Å². The molecule has 0 spiro atoms. The van der Waals surface area contributed by atoms with Crippen molar-refractivity contribution >= 4 is 10.1 Å². The summed E-state index contributed by atoms with van der Waals surface area (Å²) in [5, 5.41) is 0. The van der Waals surface area contributed by atoms with Crippen molar-refractivity contribution in [2.24, 2.45) is 0 Å². The maximum Gasteiger partial charge on any atom is 0.534 e. The molecule has 0 unspecified atom stereocenters. The lowest BCUT2D eigenvalue weighted by Crippen LogP contribution is -2.28. The first kappa shape index (κ1) is 12.5. The van der Waals surface area contributed by atoms with Crippen LogP contribution in [0.3, 0.4) is 0 Å². The third-order valence-electron chi connectivity index (χ3n) is 1.31. The Morgan fingerprint density at radius 2 is 1.75 bits per heavy atom. The molecular formula is C6H5F3N2O4S. The molecule has 0 aliphatic rings. The number of methoxy groups -OCH3 is 1. The molecule has 0 radical (unpaired) electrons. The fourth-order valence-electron chi connectivity index (χ4n) is 0.598. The van der Waals surface area contributed by atoms with Crippen molar-refractivity contribution in [3.05, 3.63) is 12.4 Å². The van der Waals surface area contributed by atoms with Gasteiger partial charge in [0, 0.05) is 0 Å². The molecule has 0 aliphatic heterocycles. The second-order valence-corrected chi connectivity index (χ2v) is 3.93. The van der Waals surface area contributed by atoms with Crippen molar-refractivity contribution in [3.63, 3.8) is 0 Å². The Hall–Kier alpha value is -1.58. The zero-order chi connectivity index (χ0) is 12.4. The van der Waals surface area contributed by atoms with E-state index in [0.717, 1.165) is 12.4 Å². The van der Waals surface area contributed by atoms with Gasteiger partial charge in [0.05, 0.1) is 19.5 Å². The molecule has 0 N–H and O–H groups in total. The Morgan fingerprint density at radius 1 is 1.25 bits per heavy atom. The lowest BCUT2D eigenvalue weighted by Gasteiger charge is -2.07. The van der Waals surface area contributed by atoms with Crippen LogP contribution in [0, 0.1) is 0 Å². The summed E-state index contributed by atoms with van der Waals surface area (Å²) in [5.74, 6) is 0.150. The second kappa shape index (κ2) is 4.12. The zero-order valence-corrected chi connectivity index (χ0v) is 8.54. The summed E-state index contributed by atoms with van der Waals surface area (Å²) in [7, 11) is -4.45. The first-order valence-electron chi connectivity index (χ1n) is 3.63. The Labute approximate surface area is 88.2 Å². The Morgan fingerprint density at radius 3 is 2.12 bits per heavy atom. The zero-order valence-electron chi connectivity index (χ0n) is 7.72. The van der Waals surface area contributed by atoms with Crippen molar-refractivity contribution in [2.45, 2.75) is 5.51 Å². The summed E-state index contributed by atoms with van der Waals surface area (Å²) in [6.45, 7) is 0. The SMILES string of the molecule is COc1cnc(OS(=O)(=O)C(F)(F)F)nc1. The predicted octanol–water partition coefficient (Wildman–Crippen LogP) is 0.714. The van der Waals surface area contributed by atoms with E-state index in [0.29, 0.717) is 0 Å². The van der Waals surface area contributed by atoms with E-state index in [2.05, 4.69) is 18.9 Å². The minimum absolute atomic E-state index is 0.150. The fraction of sp³-hybridized carbons (Fsp3) is 0.333. The third kappa shape index (κ3) is 2.72. The predicted molar refractivity (Wildman–Crippen MR) is 44.2 cm³/mol. The number of hydrogen-bond acceptors (Lipinski definition) is 6. The molecule has 1 heterocycles. The van der Waals surface area contributed by atoms with Crippen LogP contribution in [0.25, 0.3) is 0 Å². The molecule has 16 heavy (non-hydrogen) atoms. The van der Waals surface area contributed by atoms with Crippen LogP contribution in [0.4, 0.5) is 13.2 Å². The molecule has 1 aromatic rings. The van der Waals surface area contributed by atoms with Gasteiger partial charge in [-0.05, 0) is 0 Å². The van der Waals surface area contributed by atoms with Gasteiger partial charge in [0.25, 0.3) is 0 Å². The number of ether oxygens (including phenoxy) is 1. The summed E-state index contributed by atoms with van der Waals surface area (Å²) < 4.78 is 64.9. The molecule has 0 saturated heterocycles. The lowest BCUT2D eigenvalue weighted by atomic mass is 10.6. The molecule has 10 heteroatoms. The normalized spacial score (nSPS) is 12.2. The van der Waals surface area contributed by atoms with Crippen molar-refractivity contribution in [2.75, 3.05) is 7.11 Å². The molecule has 0 fully saturated rings. The molecule has 90 valence electrons. The van der Waals surface area contributed by atoms with E-state index in [-0.39, 0.29) is 5.75 Å². The van der Waals surface area contributed by atoms with Crippen LogP contribution in [0.1, 0.15) is 0 Å². The second-order valence-electron chi connectivity index (χ2n) is 2.39. The molecule has 1 rings (SSSR count). The van der Waals surface area contributed by atoms with Gasteiger partial charge in [-0.1, -0.05) is 0 Å². The van der Waals surface area contributed by atoms with Crippen LogP contribution >= 0.6 is 0 Å². The minimum atomic E-state index is -5.74. The number of aromatic nitrogens is 2. The molecular weight excluding hydrogens is 253 g/mol. The Balaban J connectivity index is 2.89. The van der Waals surface area contributed by atoms with Crippen LogP contribution in [0.5, 0.6) is 11.8 Å². The molecule has 0 amide bonds. The number of rotatable bonds is 3. The highest BCUT2D eigenvalue weighted by Gasteiger charge is 2.49. The fourth-order valence-corrected chi connectivity index (χ4v) is 0.975. The van der Waals surface area contributed by atoms with Crippen molar-refractivity contribution < 1.29 is 30.5 Å². The minimum Gasteiger partial charge on any atom is -0.494 e. The quantitative estimate of drug-likeness (QED) is 0.587. The number of hydrogen-bond donors (Lipinski definition) is 0. The first-order chi connectivity index (χ1) is 7.26. The molecule has 6 nitrogen and oxygen atoms in total. The highest BCUT2D eigenvalue weighted by atomic mass is 32.2. The Kier molecular flexibility index (Phi) is 3.21. The van der Waals surface area contributed by atoms with E-state index in [4.69, 9.17) is 0 Å². The van der Waals surface area contributed by atoms with Gasteiger partial charge in [-0.2, -0.15) is 31.6 Å². The van der Waals surface area contributed by atoms with Crippen LogP contribution in [-0.2, 0) is 10.1 Å². The van der Waals surface area contributed by atoms with E-state index < -0.39 is 21.6 Å².